The van der Waals surface area contributed by atoms with Gasteiger partial charge >= 0.3 is 0 Å². The summed E-state index contributed by atoms with van der Waals surface area (Å²) in [5.74, 6) is 0.557. The van der Waals surface area contributed by atoms with Crippen molar-refractivity contribution in [3.63, 3.8) is 0 Å². The van der Waals surface area contributed by atoms with Crippen LogP contribution in [0.4, 0.5) is 11.5 Å². The van der Waals surface area contributed by atoms with Gasteiger partial charge in [-0.3, -0.25) is 9.52 Å². The molecule has 3 N–H and O–H groups in total. The van der Waals surface area contributed by atoms with Crippen molar-refractivity contribution < 1.29 is 13.2 Å². The minimum Gasteiger partial charge on any atom is -0.354 e. The zero-order chi connectivity index (χ0) is 24.7. The summed E-state index contributed by atoms with van der Waals surface area (Å²) in [5, 5.41) is 5.08. The van der Waals surface area contributed by atoms with E-state index < -0.39 is 10.0 Å². The maximum Gasteiger partial charge on any atom is 0.256 e. The lowest BCUT2D eigenvalue weighted by Gasteiger charge is -2.35. The number of likely N-dealkylation sites (tertiary alicyclic amines) is 1. The molecule has 4 heterocycles. The monoisotopic (exact) mass is 517 g/mol. The summed E-state index contributed by atoms with van der Waals surface area (Å²) in [6.45, 7) is 2.18. The van der Waals surface area contributed by atoms with E-state index in [9.17, 15) is 13.2 Å². The molecule has 2 atom stereocenters. The number of hydrogen-bond acceptors (Lipinski definition) is 7. The number of imidazole rings is 1. The van der Waals surface area contributed by atoms with E-state index in [1.54, 1.807) is 15.5 Å². The predicted octanol–water partition coefficient (Wildman–Crippen LogP) is 2.66. The Kier molecular flexibility index (Phi) is 6.32. The molecule has 186 valence electrons. The average Bonchev–Trinajstić information content (AvgIpc) is 3.44. The van der Waals surface area contributed by atoms with Crippen molar-refractivity contribution in [3.05, 3.63) is 52.8 Å². The van der Waals surface area contributed by atoms with Gasteiger partial charge in [0.15, 0.2) is 5.65 Å². The average molecular weight is 518 g/mol. The van der Waals surface area contributed by atoms with Crippen molar-refractivity contribution in [2.45, 2.75) is 37.8 Å². The summed E-state index contributed by atoms with van der Waals surface area (Å²) in [6.07, 6.45) is 6.41. The van der Waals surface area contributed by atoms with Crippen LogP contribution in [0.3, 0.4) is 0 Å². The van der Waals surface area contributed by atoms with E-state index in [2.05, 4.69) is 9.62 Å². The number of hydrogen-bond donors (Lipinski definition) is 2. The number of fused-ring (bicyclic) bond motifs is 1. The normalized spacial score (nSPS) is 21.0. The van der Waals surface area contributed by atoms with Crippen molar-refractivity contribution in [2.75, 3.05) is 35.5 Å². The molecule has 0 aliphatic carbocycles. The molecule has 35 heavy (non-hydrogen) atoms. The second-order valence-electron chi connectivity index (χ2n) is 9.23. The zero-order valence-corrected chi connectivity index (χ0v) is 21.0. The van der Waals surface area contributed by atoms with E-state index in [0.717, 1.165) is 56.5 Å². The van der Waals surface area contributed by atoms with Crippen LogP contribution in [0.2, 0.25) is 5.02 Å². The Morgan fingerprint density at radius 3 is 2.74 bits per heavy atom. The lowest BCUT2D eigenvalue weighted by atomic mass is 9.98. The highest BCUT2D eigenvalue weighted by atomic mass is 35.5. The number of nitrogens with one attached hydrogen (secondary N) is 1. The van der Waals surface area contributed by atoms with E-state index in [4.69, 9.17) is 27.4 Å². The van der Waals surface area contributed by atoms with Crippen molar-refractivity contribution in [3.8, 4) is 0 Å². The molecular weight excluding hydrogens is 490 g/mol. The molecular formula is C23H28ClN7O3S. The van der Waals surface area contributed by atoms with E-state index in [1.165, 1.54) is 12.1 Å². The highest BCUT2D eigenvalue weighted by molar-refractivity contribution is 7.92. The Morgan fingerprint density at radius 2 is 2.00 bits per heavy atom. The van der Waals surface area contributed by atoms with E-state index >= 15 is 0 Å². The Labute approximate surface area is 209 Å². The van der Waals surface area contributed by atoms with Crippen LogP contribution in [0.15, 0.2) is 36.5 Å². The summed E-state index contributed by atoms with van der Waals surface area (Å²) >= 11 is 6.17. The van der Waals surface area contributed by atoms with E-state index in [0.29, 0.717) is 17.2 Å². The van der Waals surface area contributed by atoms with Crippen molar-refractivity contribution in [1.29, 1.82) is 0 Å². The summed E-state index contributed by atoms with van der Waals surface area (Å²) in [7, 11) is -3.57. The number of carbonyl (C=O) groups is 1. The second-order valence-corrected chi connectivity index (χ2v) is 11.4. The molecule has 12 heteroatoms. The number of amides is 1. The van der Waals surface area contributed by atoms with Crippen LogP contribution < -0.4 is 15.4 Å². The molecule has 5 rings (SSSR count). The van der Waals surface area contributed by atoms with Gasteiger partial charge in [-0.25, -0.2) is 17.9 Å². The van der Waals surface area contributed by atoms with Crippen LogP contribution >= 0.6 is 11.6 Å². The fourth-order valence-corrected chi connectivity index (χ4v) is 5.58. The number of anilines is 2. The van der Waals surface area contributed by atoms with Gasteiger partial charge in [0.05, 0.1) is 35.4 Å². The number of benzene rings is 1. The smallest absolute Gasteiger partial charge is 0.256 e. The van der Waals surface area contributed by atoms with Gasteiger partial charge in [0, 0.05) is 30.7 Å². The van der Waals surface area contributed by atoms with Crippen LogP contribution in [0, 0.1) is 0 Å². The van der Waals surface area contributed by atoms with Gasteiger partial charge in [-0.05, 0) is 56.0 Å². The highest BCUT2D eigenvalue weighted by Crippen LogP contribution is 2.34. The largest absolute Gasteiger partial charge is 0.354 e. The number of nitrogens with zero attached hydrogens (tertiary/aromatic N) is 5. The lowest BCUT2D eigenvalue weighted by molar-refractivity contribution is 0.0607. The molecule has 0 spiro atoms. The van der Waals surface area contributed by atoms with Crippen LogP contribution in [-0.2, 0) is 10.0 Å². The van der Waals surface area contributed by atoms with Crippen molar-refractivity contribution >= 4 is 44.7 Å². The molecule has 10 nitrogen and oxygen atoms in total. The van der Waals surface area contributed by atoms with Gasteiger partial charge in [0.25, 0.3) is 5.91 Å². The zero-order valence-electron chi connectivity index (χ0n) is 19.4. The Balaban J connectivity index is 1.46. The Hall–Kier alpha value is -2.89. The summed E-state index contributed by atoms with van der Waals surface area (Å²) in [5.41, 5.74) is 7.92. The number of sulfonamides is 1. The first-order valence-electron chi connectivity index (χ1n) is 11.6. The minimum atomic E-state index is -3.57. The second kappa shape index (κ2) is 9.29. The molecule has 0 saturated carbocycles. The van der Waals surface area contributed by atoms with Crippen LogP contribution in [0.25, 0.3) is 5.65 Å². The molecule has 2 saturated heterocycles. The Morgan fingerprint density at radius 1 is 1.17 bits per heavy atom. The van der Waals surface area contributed by atoms with E-state index in [1.807, 2.05) is 18.3 Å². The summed E-state index contributed by atoms with van der Waals surface area (Å²) in [6, 6.07) is 8.34. The summed E-state index contributed by atoms with van der Waals surface area (Å²) < 4.78 is 27.9. The quantitative estimate of drug-likeness (QED) is 0.532. The van der Waals surface area contributed by atoms with Gasteiger partial charge in [-0.15, -0.1) is 5.10 Å². The molecule has 1 aromatic carbocycles. The topological polar surface area (TPSA) is 126 Å². The number of aromatic nitrogens is 3. The highest BCUT2D eigenvalue weighted by Gasteiger charge is 2.32. The van der Waals surface area contributed by atoms with Crippen LogP contribution in [0.5, 0.6) is 0 Å². The van der Waals surface area contributed by atoms with E-state index in [-0.39, 0.29) is 29.2 Å². The third-order valence-electron chi connectivity index (χ3n) is 6.49. The first kappa shape index (κ1) is 23.8. The molecule has 2 aromatic heterocycles. The standard InChI is InChI=1S/C23H28ClN7O3S/c1-35(33,34)28-18-6-5-15(24)12-17(18)23(32)30-10-3-2-4-20(30)19-14-31-21(26-19)7-8-22(27-31)29-11-9-16(25)13-29/h5-8,12,14,16,20,28H,2-4,9-11,13,25H2,1H3/t16-,20-/m0/s1. The molecule has 3 aromatic rings. The molecule has 0 unspecified atom stereocenters. The van der Waals surface area contributed by atoms with Gasteiger partial charge in [0.1, 0.15) is 5.82 Å². The summed E-state index contributed by atoms with van der Waals surface area (Å²) in [4.78, 5) is 22.4. The molecule has 2 aliphatic heterocycles. The van der Waals surface area contributed by atoms with Crippen LogP contribution in [0.1, 0.15) is 47.8 Å². The van der Waals surface area contributed by atoms with Gasteiger partial charge in [0.2, 0.25) is 10.0 Å². The number of piperidine rings is 1. The van der Waals surface area contributed by atoms with Gasteiger partial charge in [-0.1, -0.05) is 11.6 Å². The first-order valence-corrected chi connectivity index (χ1v) is 13.9. The fourth-order valence-electron chi connectivity index (χ4n) is 4.83. The maximum absolute atomic E-state index is 13.7. The molecule has 0 bridgehead atoms. The third-order valence-corrected chi connectivity index (χ3v) is 7.31. The first-order chi connectivity index (χ1) is 16.7. The molecule has 1 amide bonds. The lowest BCUT2D eigenvalue weighted by Crippen LogP contribution is -2.39. The van der Waals surface area contributed by atoms with Crippen molar-refractivity contribution in [1.82, 2.24) is 19.5 Å². The number of rotatable bonds is 5. The molecule has 2 fully saturated rings. The molecule has 2 aliphatic rings. The number of halogens is 1. The maximum atomic E-state index is 13.7. The SMILES string of the molecule is CS(=O)(=O)Nc1ccc(Cl)cc1C(=O)N1CCCC[C@H]1c1cn2nc(N3CC[C@H](N)C3)ccc2n1. The number of nitrogens with two attached hydrogens (primary N) is 1. The minimum absolute atomic E-state index is 0.154. The Bertz CT molecular complexity index is 1380. The van der Waals surface area contributed by atoms with Gasteiger partial charge < -0.3 is 15.5 Å². The number of carbonyl (C=O) groups excluding carboxylic acids is 1. The fraction of sp³-hybridized carbons (Fsp3) is 0.435. The van der Waals surface area contributed by atoms with Crippen LogP contribution in [-0.4, -0.2) is 65.8 Å². The molecule has 0 radical (unpaired) electrons. The van der Waals surface area contributed by atoms with Crippen molar-refractivity contribution in [2.24, 2.45) is 5.73 Å². The third kappa shape index (κ3) is 5.07. The predicted molar refractivity (Wildman–Crippen MR) is 135 cm³/mol. The van der Waals surface area contributed by atoms with Gasteiger partial charge in [-0.2, -0.15) is 0 Å².